The summed E-state index contributed by atoms with van der Waals surface area (Å²) < 4.78 is 6.77. The molecular formula is C18H21N3O4. The van der Waals surface area contributed by atoms with Crippen molar-refractivity contribution in [3.05, 3.63) is 42.2 Å². The Bertz CT molecular complexity index is 769. The summed E-state index contributed by atoms with van der Waals surface area (Å²) in [5.74, 6) is -0.659. The van der Waals surface area contributed by atoms with Crippen molar-refractivity contribution in [1.29, 1.82) is 0 Å². The Balaban J connectivity index is 1.71. The molecule has 0 aliphatic carbocycles. The molecule has 0 spiro atoms. The van der Waals surface area contributed by atoms with Crippen LogP contribution in [0.1, 0.15) is 23.8 Å². The zero-order valence-corrected chi connectivity index (χ0v) is 14.3. The molecule has 2 heterocycles. The van der Waals surface area contributed by atoms with Crippen molar-refractivity contribution in [2.24, 2.45) is 11.8 Å². The molecule has 2 aromatic rings. The van der Waals surface area contributed by atoms with E-state index >= 15 is 0 Å². The third-order valence-corrected chi connectivity index (χ3v) is 4.65. The zero-order valence-electron chi connectivity index (χ0n) is 14.3. The summed E-state index contributed by atoms with van der Waals surface area (Å²) in [6.07, 6.45) is 2.21. The lowest BCUT2D eigenvalue weighted by molar-refractivity contribution is -0.145. The van der Waals surface area contributed by atoms with Crippen molar-refractivity contribution in [3.63, 3.8) is 0 Å². The summed E-state index contributed by atoms with van der Waals surface area (Å²) in [5.41, 5.74) is 1.19. The van der Waals surface area contributed by atoms with E-state index in [2.05, 4.69) is 5.10 Å². The average molecular weight is 343 g/mol. The molecule has 1 aliphatic heterocycles. The van der Waals surface area contributed by atoms with E-state index in [1.165, 1.54) is 0 Å². The Hall–Kier alpha value is -2.83. The number of hydrogen-bond donors (Lipinski definition) is 1. The van der Waals surface area contributed by atoms with Crippen LogP contribution >= 0.6 is 0 Å². The molecule has 0 radical (unpaired) electrons. The lowest BCUT2D eigenvalue weighted by Crippen LogP contribution is -2.45. The highest BCUT2D eigenvalue weighted by Crippen LogP contribution is 2.24. The highest BCUT2D eigenvalue weighted by atomic mass is 16.5. The molecule has 1 N–H and O–H groups in total. The van der Waals surface area contributed by atoms with Gasteiger partial charge in [-0.3, -0.25) is 9.59 Å². The Morgan fingerprint density at radius 2 is 1.96 bits per heavy atom. The third-order valence-electron chi connectivity index (χ3n) is 4.65. The lowest BCUT2D eigenvalue weighted by Gasteiger charge is -2.34. The van der Waals surface area contributed by atoms with E-state index in [0.29, 0.717) is 25.2 Å². The second-order valence-corrected chi connectivity index (χ2v) is 6.31. The summed E-state index contributed by atoms with van der Waals surface area (Å²) in [5, 5.41) is 13.5. The number of ether oxygens (including phenoxy) is 1. The van der Waals surface area contributed by atoms with Crippen molar-refractivity contribution in [2.45, 2.75) is 13.3 Å². The molecule has 1 aromatic heterocycles. The normalized spacial score (nSPS) is 20.3. The van der Waals surface area contributed by atoms with Crippen LogP contribution in [0.3, 0.4) is 0 Å². The number of aromatic nitrogens is 2. The molecule has 2 atom stereocenters. The van der Waals surface area contributed by atoms with Crippen LogP contribution in [-0.4, -0.2) is 51.9 Å². The van der Waals surface area contributed by atoms with Crippen LogP contribution in [0.2, 0.25) is 0 Å². The maximum Gasteiger partial charge on any atom is 0.306 e. The quantitative estimate of drug-likeness (QED) is 0.918. The Kier molecular flexibility index (Phi) is 4.74. The molecule has 0 saturated carbocycles. The summed E-state index contributed by atoms with van der Waals surface area (Å²) >= 11 is 0. The summed E-state index contributed by atoms with van der Waals surface area (Å²) in [6, 6.07) is 9.06. The minimum absolute atomic E-state index is 0.0705. The lowest BCUT2D eigenvalue weighted by atomic mass is 9.87. The molecule has 1 amide bonds. The first kappa shape index (κ1) is 17.0. The third kappa shape index (κ3) is 3.50. The molecule has 1 aliphatic rings. The number of piperidine rings is 1. The first-order chi connectivity index (χ1) is 12.0. The number of carbonyl (C=O) groups excluding carboxylic acids is 1. The molecule has 7 heteroatoms. The largest absolute Gasteiger partial charge is 0.497 e. The van der Waals surface area contributed by atoms with E-state index in [0.717, 1.165) is 11.4 Å². The number of carboxylic acid groups (broad SMARTS) is 1. The van der Waals surface area contributed by atoms with Crippen molar-refractivity contribution < 1.29 is 19.4 Å². The number of likely N-dealkylation sites (tertiary alicyclic amines) is 1. The monoisotopic (exact) mass is 343 g/mol. The summed E-state index contributed by atoms with van der Waals surface area (Å²) in [4.78, 5) is 25.5. The molecule has 0 bridgehead atoms. The van der Waals surface area contributed by atoms with Gasteiger partial charge in [0, 0.05) is 19.3 Å². The van der Waals surface area contributed by atoms with Gasteiger partial charge in [0.1, 0.15) is 5.75 Å². The van der Waals surface area contributed by atoms with E-state index < -0.39 is 5.97 Å². The number of carbonyl (C=O) groups is 2. The number of rotatable bonds is 4. The maximum atomic E-state index is 12.6. The van der Waals surface area contributed by atoms with Crippen LogP contribution in [0, 0.1) is 11.8 Å². The predicted molar refractivity (Wildman–Crippen MR) is 90.9 cm³/mol. The highest BCUT2D eigenvalue weighted by Gasteiger charge is 2.33. The standard InChI is InChI=1S/C18H21N3O4/c1-12-11-20(9-7-15(12)18(23)24)17(22)16-8-10-21(19-16)13-3-5-14(25-2)6-4-13/h3-6,8,10,12,15H,7,9,11H2,1-2H3,(H,23,24). The first-order valence-corrected chi connectivity index (χ1v) is 8.21. The zero-order chi connectivity index (χ0) is 18.0. The highest BCUT2D eigenvalue weighted by molar-refractivity contribution is 5.92. The van der Waals surface area contributed by atoms with Gasteiger partial charge in [0.25, 0.3) is 5.91 Å². The van der Waals surface area contributed by atoms with Crippen LogP contribution in [0.5, 0.6) is 5.75 Å². The fourth-order valence-electron chi connectivity index (χ4n) is 3.18. The number of hydrogen-bond acceptors (Lipinski definition) is 4. The topological polar surface area (TPSA) is 84.7 Å². The van der Waals surface area contributed by atoms with Crippen LogP contribution in [-0.2, 0) is 4.79 Å². The van der Waals surface area contributed by atoms with E-state index in [1.807, 2.05) is 31.2 Å². The fraction of sp³-hybridized carbons (Fsp3) is 0.389. The number of benzene rings is 1. The molecule has 1 aromatic carbocycles. The van der Waals surface area contributed by atoms with Crippen LogP contribution in [0.15, 0.2) is 36.5 Å². The first-order valence-electron chi connectivity index (χ1n) is 8.21. The van der Waals surface area contributed by atoms with Crippen LogP contribution in [0.25, 0.3) is 5.69 Å². The molecule has 25 heavy (non-hydrogen) atoms. The second-order valence-electron chi connectivity index (χ2n) is 6.31. The van der Waals surface area contributed by atoms with E-state index in [4.69, 9.17) is 4.74 Å². The van der Waals surface area contributed by atoms with Gasteiger partial charge < -0.3 is 14.7 Å². The summed E-state index contributed by atoms with van der Waals surface area (Å²) in [6.45, 7) is 2.74. The van der Waals surface area contributed by atoms with Crippen molar-refractivity contribution in [3.8, 4) is 11.4 Å². The Morgan fingerprint density at radius 3 is 2.56 bits per heavy atom. The molecular weight excluding hydrogens is 322 g/mol. The molecule has 3 rings (SSSR count). The summed E-state index contributed by atoms with van der Waals surface area (Å²) in [7, 11) is 1.61. The average Bonchev–Trinajstić information content (AvgIpc) is 3.10. The van der Waals surface area contributed by atoms with Crippen molar-refractivity contribution in [1.82, 2.24) is 14.7 Å². The number of aliphatic carboxylic acids is 1. The number of methoxy groups -OCH3 is 1. The second kappa shape index (κ2) is 6.96. The number of carboxylic acids is 1. The van der Waals surface area contributed by atoms with Gasteiger partial charge in [0.15, 0.2) is 5.69 Å². The van der Waals surface area contributed by atoms with Crippen molar-refractivity contribution in [2.75, 3.05) is 20.2 Å². The minimum Gasteiger partial charge on any atom is -0.497 e. The van der Waals surface area contributed by atoms with Crippen LogP contribution < -0.4 is 4.74 Å². The van der Waals surface area contributed by atoms with Gasteiger partial charge >= 0.3 is 5.97 Å². The van der Waals surface area contributed by atoms with Gasteiger partial charge in [-0.25, -0.2) is 4.68 Å². The van der Waals surface area contributed by atoms with E-state index in [1.54, 1.807) is 29.0 Å². The molecule has 1 fully saturated rings. The fourth-order valence-corrected chi connectivity index (χ4v) is 3.18. The Morgan fingerprint density at radius 1 is 1.24 bits per heavy atom. The molecule has 2 unspecified atom stereocenters. The molecule has 1 saturated heterocycles. The van der Waals surface area contributed by atoms with Gasteiger partial charge in [0.05, 0.1) is 18.7 Å². The van der Waals surface area contributed by atoms with Gasteiger partial charge in [-0.2, -0.15) is 5.10 Å². The number of amides is 1. The smallest absolute Gasteiger partial charge is 0.306 e. The van der Waals surface area contributed by atoms with Crippen LogP contribution in [0.4, 0.5) is 0 Å². The maximum absolute atomic E-state index is 12.6. The van der Waals surface area contributed by atoms with E-state index in [9.17, 15) is 14.7 Å². The SMILES string of the molecule is COc1ccc(-n2ccc(C(=O)N3CCC(C(=O)O)C(C)C3)n2)cc1. The van der Waals surface area contributed by atoms with Gasteiger partial charge in [0.2, 0.25) is 0 Å². The van der Waals surface area contributed by atoms with Gasteiger partial charge in [-0.05, 0) is 42.7 Å². The van der Waals surface area contributed by atoms with Gasteiger partial charge in [-0.1, -0.05) is 6.92 Å². The van der Waals surface area contributed by atoms with Gasteiger partial charge in [-0.15, -0.1) is 0 Å². The molecule has 7 nitrogen and oxygen atoms in total. The predicted octanol–water partition coefficient (Wildman–Crippen LogP) is 2.06. The Labute approximate surface area is 145 Å². The van der Waals surface area contributed by atoms with Crippen molar-refractivity contribution >= 4 is 11.9 Å². The number of nitrogens with zero attached hydrogens (tertiary/aromatic N) is 3. The molecule has 132 valence electrons. The van der Waals surface area contributed by atoms with E-state index in [-0.39, 0.29) is 17.7 Å². The minimum atomic E-state index is -0.789.